The van der Waals surface area contributed by atoms with Crippen LogP contribution in [0, 0.1) is 46.6 Å². The number of anilines is 1. The van der Waals surface area contributed by atoms with Crippen LogP contribution in [-0.2, 0) is 39.9 Å². The van der Waals surface area contributed by atoms with Gasteiger partial charge in [-0.2, -0.15) is 0 Å². The van der Waals surface area contributed by atoms with Crippen molar-refractivity contribution < 1.29 is 60.7 Å². The third-order valence-corrected chi connectivity index (χ3v) is 9.90. The second-order valence-electron chi connectivity index (χ2n) is 15.3. The van der Waals surface area contributed by atoms with Gasteiger partial charge in [0.25, 0.3) is 5.91 Å². The van der Waals surface area contributed by atoms with E-state index in [9.17, 15) is 41.5 Å². The molecule has 3 rings (SSSR count). The zero-order valence-corrected chi connectivity index (χ0v) is 34.3. The number of carbonyl (C=O) groups is 5. The lowest BCUT2D eigenvalue weighted by Crippen LogP contribution is -2.59. The highest BCUT2D eigenvalue weighted by atomic mass is 19.2. The SMILES string of the molecule is C#CCNC(=O)C1(C(=O)NCCCCC(C(=O)NCCc2ccc(NC(=O)CCCCCCC(=O)NO)cc2)[N+](C)(C)C)COC(c2c(F)c(F)c(N=[N+]=N)c(F)c2F)OC1. The summed E-state index contributed by atoms with van der Waals surface area (Å²) in [6, 6.07) is 6.85. The number of nitrogens with one attached hydrogen (secondary N) is 6. The highest BCUT2D eigenvalue weighted by molar-refractivity contribution is 6.05. The minimum atomic E-state index is -2.11. The van der Waals surface area contributed by atoms with Crippen LogP contribution in [0.5, 0.6) is 0 Å². The molecule has 1 atom stereocenters. The zero-order chi connectivity index (χ0) is 45.2. The monoisotopic (exact) mass is 863 g/mol. The summed E-state index contributed by atoms with van der Waals surface area (Å²) in [5, 5.41) is 22.1. The lowest BCUT2D eigenvalue weighted by atomic mass is 9.86. The van der Waals surface area contributed by atoms with Gasteiger partial charge < -0.3 is 35.2 Å². The molecule has 0 spiro atoms. The smallest absolute Gasteiger partial charge is 0.278 e. The van der Waals surface area contributed by atoms with Gasteiger partial charge in [-0.1, -0.05) is 30.9 Å². The van der Waals surface area contributed by atoms with Crippen LogP contribution in [0.25, 0.3) is 0 Å². The lowest BCUT2D eigenvalue weighted by molar-refractivity contribution is -0.886. The number of unbranched alkanes of at least 4 members (excludes halogenated alkanes) is 4. The van der Waals surface area contributed by atoms with Gasteiger partial charge in [-0.3, -0.25) is 29.2 Å². The van der Waals surface area contributed by atoms with E-state index in [2.05, 4.69) is 37.2 Å². The molecular weight excluding hydrogens is 810 g/mol. The van der Waals surface area contributed by atoms with E-state index in [0.717, 1.165) is 18.4 Å². The van der Waals surface area contributed by atoms with E-state index < -0.39 is 83.2 Å². The van der Waals surface area contributed by atoms with Gasteiger partial charge in [0.05, 0.1) is 46.5 Å². The molecule has 5 amide bonds. The van der Waals surface area contributed by atoms with Crippen LogP contribution < -0.4 is 31.7 Å². The Morgan fingerprint density at radius 1 is 0.869 bits per heavy atom. The van der Waals surface area contributed by atoms with Crippen LogP contribution in [0.15, 0.2) is 29.4 Å². The molecule has 2 aromatic rings. The fraction of sp³-hybridized carbons (Fsp3) is 0.525. The van der Waals surface area contributed by atoms with E-state index in [1.165, 1.54) is 0 Å². The molecule has 1 heterocycles. The molecule has 0 aliphatic carbocycles. The molecule has 0 bridgehead atoms. The van der Waals surface area contributed by atoms with Crippen molar-refractivity contribution in [1.82, 2.24) is 26.3 Å². The highest BCUT2D eigenvalue weighted by Crippen LogP contribution is 2.39. The van der Waals surface area contributed by atoms with E-state index in [1.54, 1.807) is 17.6 Å². The van der Waals surface area contributed by atoms with E-state index in [-0.39, 0.29) is 31.3 Å². The first-order valence-electron chi connectivity index (χ1n) is 19.6. The molecule has 0 saturated carbocycles. The Morgan fingerprint density at radius 3 is 2.02 bits per heavy atom. The van der Waals surface area contributed by atoms with Crippen LogP contribution in [0.3, 0.4) is 0 Å². The van der Waals surface area contributed by atoms with Crippen molar-refractivity contribution in [2.24, 2.45) is 10.5 Å². The maximum Gasteiger partial charge on any atom is 0.278 e. The number of nitrogens with zero attached hydrogens (tertiary/aromatic N) is 3. The van der Waals surface area contributed by atoms with E-state index in [1.807, 2.05) is 33.3 Å². The molecule has 21 heteroatoms. The maximum absolute atomic E-state index is 14.8. The van der Waals surface area contributed by atoms with Crippen molar-refractivity contribution in [3.63, 3.8) is 0 Å². The van der Waals surface area contributed by atoms with E-state index in [0.29, 0.717) is 61.7 Å². The Kier molecular flexibility index (Phi) is 19.4. The molecule has 0 aromatic heterocycles. The molecule has 0 radical (unpaired) electrons. The molecule has 1 unspecified atom stereocenters. The number of hydrogen-bond donors (Lipinski definition) is 7. The van der Waals surface area contributed by atoms with Crippen LogP contribution in [0.2, 0.25) is 0 Å². The minimum absolute atomic E-state index is 0.0491. The van der Waals surface area contributed by atoms with Gasteiger partial charge in [-0.15, -0.1) is 6.42 Å². The Bertz CT molecular complexity index is 1930. The zero-order valence-electron chi connectivity index (χ0n) is 34.3. The third-order valence-electron chi connectivity index (χ3n) is 9.90. The summed E-state index contributed by atoms with van der Waals surface area (Å²) in [5.74, 6) is -8.12. The Balaban J connectivity index is 1.49. The number of quaternary nitrogens is 1. The lowest BCUT2D eigenvalue weighted by Gasteiger charge is -2.37. The summed E-state index contributed by atoms with van der Waals surface area (Å²) < 4.78 is 69.5. The predicted octanol–water partition coefficient (Wildman–Crippen LogP) is 3.71. The summed E-state index contributed by atoms with van der Waals surface area (Å²) in [6.07, 6.45) is 8.46. The van der Waals surface area contributed by atoms with Gasteiger partial charge in [0.1, 0.15) is 5.53 Å². The van der Waals surface area contributed by atoms with Crippen molar-refractivity contribution in [1.29, 1.82) is 5.53 Å². The highest BCUT2D eigenvalue weighted by Gasteiger charge is 2.51. The predicted molar refractivity (Wildman–Crippen MR) is 210 cm³/mol. The molecular formula is C40H53F4N9O8+2. The van der Waals surface area contributed by atoms with Crippen LogP contribution in [0.1, 0.15) is 75.2 Å². The standard InChI is InChI=1S/C40H51F4N9O8/c1-5-20-47-38(57)40(23-60-37(61-24-40)30-31(41)33(43)35(50-52-45)34(44)32(30)42)39(58)48-21-11-10-12-27(53(2,3)4)36(56)46-22-19-25-15-17-26(18-16-25)49-28(54)13-8-6-7-9-14-29(55)51-59/h1,15-18,27,37,45H,6-14,19-24H2,2-4H3,(H4-2,46,47,48,49,51,54,55,56,57,58,59)/p+2. The Labute approximate surface area is 350 Å². The van der Waals surface area contributed by atoms with Gasteiger partial charge in [-0.25, -0.2) is 23.0 Å². The number of halogens is 4. The number of benzene rings is 2. The number of hydroxylamine groups is 1. The van der Waals surface area contributed by atoms with Crippen molar-refractivity contribution in [2.75, 3.05) is 59.3 Å². The quantitative estimate of drug-likeness (QED) is 0.00830. The van der Waals surface area contributed by atoms with Crippen LogP contribution >= 0.6 is 0 Å². The number of amides is 5. The van der Waals surface area contributed by atoms with Crippen LogP contribution in [-0.4, -0.2) is 99.3 Å². The van der Waals surface area contributed by atoms with Crippen LogP contribution in [0.4, 0.5) is 28.9 Å². The maximum atomic E-state index is 14.8. The molecule has 1 aliphatic rings. The fourth-order valence-electron chi connectivity index (χ4n) is 6.45. The van der Waals surface area contributed by atoms with Gasteiger partial charge in [0.15, 0.2) is 46.1 Å². The van der Waals surface area contributed by atoms with Gasteiger partial charge >= 0.3 is 0 Å². The Morgan fingerprint density at radius 2 is 1.46 bits per heavy atom. The van der Waals surface area contributed by atoms with Gasteiger partial charge in [-0.05, 0) is 49.8 Å². The second-order valence-corrected chi connectivity index (χ2v) is 15.3. The number of hydrogen-bond acceptors (Lipinski definition) is 10. The van der Waals surface area contributed by atoms with Crippen molar-refractivity contribution in [3.8, 4) is 12.3 Å². The topological polar surface area (TPSA) is 234 Å². The number of terminal acetylenes is 1. The summed E-state index contributed by atoms with van der Waals surface area (Å²) >= 11 is 0. The second kappa shape index (κ2) is 23.9. The molecule has 7 N–H and O–H groups in total. The molecule has 17 nitrogen and oxygen atoms in total. The van der Waals surface area contributed by atoms with E-state index >= 15 is 0 Å². The first kappa shape index (κ1) is 49.6. The molecule has 1 saturated heterocycles. The summed E-state index contributed by atoms with van der Waals surface area (Å²) in [5.41, 5.74) is 4.92. The number of likely N-dealkylation sites (N-methyl/N-ethyl adjacent to an activating group) is 1. The number of rotatable bonds is 23. The number of carbonyl (C=O) groups excluding carboxylic acids is 5. The Hall–Kier alpha value is -5.78. The molecule has 1 aliphatic heterocycles. The molecule has 2 aromatic carbocycles. The first-order chi connectivity index (χ1) is 29.0. The summed E-state index contributed by atoms with van der Waals surface area (Å²) in [7, 11) is 5.64. The van der Waals surface area contributed by atoms with Gasteiger partial charge in [0, 0.05) is 38.0 Å². The largest absolute Gasteiger partial charge is 0.355 e. The van der Waals surface area contributed by atoms with Crippen molar-refractivity contribution in [2.45, 2.75) is 76.5 Å². The van der Waals surface area contributed by atoms with Crippen molar-refractivity contribution >= 4 is 40.9 Å². The van der Waals surface area contributed by atoms with Crippen molar-refractivity contribution in [3.05, 3.63) is 58.7 Å². The summed E-state index contributed by atoms with van der Waals surface area (Å²) in [6.45, 7) is -1.52. The third kappa shape index (κ3) is 14.2. The molecule has 332 valence electrons. The van der Waals surface area contributed by atoms with Gasteiger partial charge in [0.2, 0.25) is 34.2 Å². The average molecular weight is 864 g/mol. The number of ether oxygens (including phenoxy) is 2. The molecule has 61 heavy (non-hydrogen) atoms. The normalized spacial score (nSPS) is 16.6. The average Bonchev–Trinajstić information content (AvgIpc) is 3.23. The fourth-order valence-corrected chi connectivity index (χ4v) is 6.45. The minimum Gasteiger partial charge on any atom is -0.355 e. The summed E-state index contributed by atoms with van der Waals surface area (Å²) in [4.78, 5) is 65.7. The molecule has 1 fully saturated rings. The first-order valence-corrected chi connectivity index (χ1v) is 19.6. The van der Waals surface area contributed by atoms with E-state index in [4.69, 9.17) is 26.6 Å².